The summed E-state index contributed by atoms with van der Waals surface area (Å²) in [5, 5.41) is 3.29. The number of alkyl halides is 3. The fraction of sp³-hybridized carbons (Fsp3) is 0.533. The lowest BCUT2D eigenvalue weighted by molar-refractivity contribution is -0.139. The van der Waals surface area contributed by atoms with Crippen molar-refractivity contribution in [1.29, 1.82) is 0 Å². The largest absolute Gasteiger partial charge is 0.416 e. The highest BCUT2D eigenvalue weighted by molar-refractivity contribution is 5.85. The molecular weight excluding hydrogens is 317 g/mol. The lowest BCUT2D eigenvalue weighted by Crippen LogP contribution is -2.56. The van der Waals surface area contributed by atoms with Gasteiger partial charge in [-0.15, -0.1) is 12.4 Å². The van der Waals surface area contributed by atoms with Gasteiger partial charge < -0.3 is 10.2 Å². The molecule has 22 heavy (non-hydrogen) atoms. The Labute approximate surface area is 134 Å². The summed E-state index contributed by atoms with van der Waals surface area (Å²) < 4.78 is 38.8. The predicted molar refractivity (Wildman–Crippen MR) is 81.0 cm³/mol. The molecule has 2 atom stereocenters. The van der Waals surface area contributed by atoms with Crippen LogP contribution in [-0.2, 0) is 17.4 Å². The monoisotopic (exact) mass is 336 g/mol. The number of hydrogen-bond donors (Lipinski definition) is 1. The van der Waals surface area contributed by atoms with Gasteiger partial charge >= 0.3 is 6.18 Å². The van der Waals surface area contributed by atoms with E-state index < -0.39 is 11.7 Å². The van der Waals surface area contributed by atoms with Gasteiger partial charge in [0, 0.05) is 25.2 Å². The van der Waals surface area contributed by atoms with Crippen molar-refractivity contribution in [1.82, 2.24) is 10.2 Å². The topological polar surface area (TPSA) is 32.3 Å². The molecule has 3 nitrogen and oxygen atoms in total. The number of nitrogens with one attached hydrogen (secondary N) is 1. The van der Waals surface area contributed by atoms with Crippen LogP contribution in [0.1, 0.15) is 25.0 Å². The number of benzene rings is 1. The molecule has 0 spiro atoms. The maximum absolute atomic E-state index is 12.9. The maximum atomic E-state index is 12.9. The van der Waals surface area contributed by atoms with Crippen molar-refractivity contribution >= 4 is 18.3 Å². The normalized spacial score (nSPS) is 22.1. The molecule has 2 rings (SSSR count). The molecule has 0 aromatic heterocycles. The van der Waals surface area contributed by atoms with E-state index in [1.54, 1.807) is 4.90 Å². The van der Waals surface area contributed by atoms with E-state index in [-0.39, 0.29) is 42.4 Å². The van der Waals surface area contributed by atoms with Gasteiger partial charge in [-0.3, -0.25) is 4.79 Å². The number of nitrogens with zero attached hydrogens (tertiary/aromatic N) is 1. The van der Waals surface area contributed by atoms with Crippen LogP contribution in [0.2, 0.25) is 0 Å². The van der Waals surface area contributed by atoms with E-state index in [4.69, 9.17) is 0 Å². The second kappa shape index (κ2) is 7.33. The number of carbonyl (C=O) groups is 1. The van der Waals surface area contributed by atoms with Crippen molar-refractivity contribution < 1.29 is 18.0 Å². The molecule has 1 amide bonds. The molecule has 1 aliphatic heterocycles. The summed E-state index contributed by atoms with van der Waals surface area (Å²) in [6, 6.07) is 5.56. The zero-order valence-corrected chi connectivity index (χ0v) is 13.3. The first-order valence-electron chi connectivity index (χ1n) is 6.96. The standard InChI is InChI=1S/C15H19F3N2O.ClH/c1-10-8-20(9-11(2)19-10)14(21)7-12-5-3-4-6-13(12)15(16,17)18;/h3-6,10-11,19H,7-9H2,1-2H3;1H. The SMILES string of the molecule is CC1CN(C(=O)Cc2ccccc2C(F)(F)F)CC(C)N1.Cl. The molecule has 1 aromatic carbocycles. The summed E-state index contributed by atoms with van der Waals surface area (Å²) in [6.07, 6.45) is -4.64. The van der Waals surface area contributed by atoms with Gasteiger partial charge in [-0.25, -0.2) is 0 Å². The van der Waals surface area contributed by atoms with Gasteiger partial charge in [-0.1, -0.05) is 18.2 Å². The summed E-state index contributed by atoms with van der Waals surface area (Å²) >= 11 is 0. The van der Waals surface area contributed by atoms with E-state index in [0.29, 0.717) is 13.1 Å². The number of piperazine rings is 1. The van der Waals surface area contributed by atoms with E-state index in [9.17, 15) is 18.0 Å². The summed E-state index contributed by atoms with van der Waals surface area (Å²) in [5.41, 5.74) is -0.691. The first-order chi connectivity index (χ1) is 9.77. The molecule has 0 aliphatic carbocycles. The third-order valence-corrected chi connectivity index (χ3v) is 3.57. The van der Waals surface area contributed by atoms with Crippen molar-refractivity contribution in [3.63, 3.8) is 0 Å². The Morgan fingerprint density at radius 1 is 1.23 bits per heavy atom. The van der Waals surface area contributed by atoms with Gasteiger partial charge in [-0.05, 0) is 25.5 Å². The van der Waals surface area contributed by atoms with Crippen LogP contribution in [0.15, 0.2) is 24.3 Å². The van der Waals surface area contributed by atoms with Crippen molar-refractivity contribution in [2.45, 2.75) is 38.5 Å². The minimum atomic E-state index is -4.43. The second-order valence-electron chi connectivity index (χ2n) is 5.60. The molecule has 1 N–H and O–H groups in total. The molecule has 1 fully saturated rings. The minimum Gasteiger partial charge on any atom is -0.339 e. The highest BCUT2D eigenvalue weighted by Crippen LogP contribution is 2.32. The Morgan fingerprint density at radius 2 is 1.77 bits per heavy atom. The number of halogens is 4. The quantitative estimate of drug-likeness (QED) is 0.900. The molecule has 2 unspecified atom stereocenters. The van der Waals surface area contributed by atoms with Crippen molar-refractivity contribution in [3.8, 4) is 0 Å². The van der Waals surface area contributed by atoms with Crippen LogP contribution >= 0.6 is 12.4 Å². The van der Waals surface area contributed by atoms with Crippen molar-refractivity contribution in [3.05, 3.63) is 35.4 Å². The van der Waals surface area contributed by atoms with Crippen LogP contribution < -0.4 is 5.32 Å². The molecule has 1 aliphatic rings. The lowest BCUT2D eigenvalue weighted by atomic mass is 10.0. The fourth-order valence-corrected chi connectivity index (χ4v) is 2.76. The number of carbonyl (C=O) groups excluding carboxylic acids is 1. The molecule has 0 radical (unpaired) electrons. The highest BCUT2D eigenvalue weighted by atomic mass is 35.5. The van der Waals surface area contributed by atoms with E-state index in [1.807, 2.05) is 13.8 Å². The second-order valence-corrected chi connectivity index (χ2v) is 5.60. The van der Waals surface area contributed by atoms with E-state index in [1.165, 1.54) is 18.2 Å². The van der Waals surface area contributed by atoms with Crippen molar-refractivity contribution in [2.75, 3.05) is 13.1 Å². The zero-order chi connectivity index (χ0) is 15.6. The van der Waals surface area contributed by atoms with Crippen LogP contribution in [-0.4, -0.2) is 36.0 Å². The van der Waals surface area contributed by atoms with Gasteiger partial charge in [0.2, 0.25) is 5.91 Å². The minimum absolute atomic E-state index is 0. The molecule has 7 heteroatoms. The van der Waals surface area contributed by atoms with Crippen LogP contribution in [0, 0.1) is 0 Å². The fourth-order valence-electron chi connectivity index (χ4n) is 2.76. The Kier molecular flexibility index (Phi) is 6.26. The zero-order valence-electron chi connectivity index (χ0n) is 12.5. The van der Waals surface area contributed by atoms with E-state index in [0.717, 1.165) is 6.07 Å². The maximum Gasteiger partial charge on any atom is 0.416 e. The highest BCUT2D eigenvalue weighted by Gasteiger charge is 2.34. The van der Waals surface area contributed by atoms with Crippen LogP contribution in [0.25, 0.3) is 0 Å². The smallest absolute Gasteiger partial charge is 0.339 e. The van der Waals surface area contributed by atoms with Crippen LogP contribution in [0.5, 0.6) is 0 Å². The van der Waals surface area contributed by atoms with Crippen molar-refractivity contribution in [2.24, 2.45) is 0 Å². The Morgan fingerprint density at radius 3 is 2.32 bits per heavy atom. The predicted octanol–water partition coefficient (Wildman–Crippen LogP) is 2.88. The number of rotatable bonds is 2. The first kappa shape index (κ1) is 18.8. The third-order valence-electron chi connectivity index (χ3n) is 3.57. The molecular formula is C15H20ClF3N2O. The van der Waals surface area contributed by atoms with Gasteiger partial charge in [0.05, 0.1) is 12.0 Å². The number of hydrogen-bond acceptors (Lipinski definition) is 2. The lowest BCUT2D eigenvalue weighted by Gasteiger charge is -2.36. The van der Waals surface area contributed by atoms with E-state index >= 15 is 0 Å². The summed E-state index contributed by atoms with van der Waals surface area (Å²) in [4.78, 5) is 13.9. The summed E-state index contributed by atoms with van der Waals surface area (Å²) in [5.74, 6) is -0.258. The Bertz CT molecular complexity index is 512. The molecule has 1 heterocycles. The van der Waals surface area contributed by atoms with Crippen LogP contribution in [0.4, 0.5) is 13.2 Å². The van der Waals surface area contributed by atoms with Gasteiger partial charge in [0.15, 0.2) is 0 Å². The van der Waals surface area contributed by atoms with Gasteiger partial charge in [-0.2, -0.15) is 13.2 Å². The molecule has 0 saturated carbocycles. The Balaban J connectivity index is 0.00000242. The van der Waals surface area contributed by atoms with Crippen LogP contribution in [0.3, 0.4) is 0 Å². The Hall–Kier alpha value is -1.27. The third kappa shape index (κ3) is 4.61. The molecule has 1 saturated heterocycles. The summed E-state index contributed by atoms with van der Waals surface area (Å²) in [6.45, 7) is 4.97. The first-order valence-corrected chi connectivity index (χ1v) is 6.96. The molecule has 1 aromatic rings. The number of amides is 1. The molecule has 0 bridgehead atoms. The average molecular weight is 337 g/mol. The molecule has 124 valence electrons. The van der Waals surface area contributed by atoms with Gasteiger partial charge in [0.25, 0.3) is 0 Å². The average Bonchev–Trinajstić information content (AvgIpc) is 2.37. The van der Waals surface area contributed by atoms with Gasteiger partial charge in [0.1, 0.15) is 0 Å². The van der Waals surface area contributed by atoms with E-state index in [2.05, 4.69) is 5.32 Å². The summed E-state index contributed by atoms with van der Waals surface area (Å²) in [7, 11) is 0.